The third kappa shape index (κ3) is 5.30. The van der Waals surface area contributed by atoms with E-state index in [2.05, 4.69) is 17.3 Å². The molecule has 0 radical (unpaired) electrons. The number of amides is 2. The molecule has 1 N–H and O–H groups in total. The minimum Gasteiger partial charge on any atom is -0.454 e. The molecule has 8 nitrogen and oxygen atoms in total. The van der Waals surface area contributed by atoms with E-state index < -0.39 is 0 Å². The molecule has 170 valence electrons. The summed E-state index contributed by atoms with van der Waals surface area (Å²) in [4.78, 5) is 31.9. The van der Waals surface area contributed by atoms with Gasteiger partial charge in [-0.05, 0) is 26.0 Å². The van der Waals surface area contributed by atoms with Crippen LogP contribution < -0.4 is 14.8 Å². The molecule has 3 aliphatic heterocycles. The van der Waals surface area contributed by atoms with E-state index in [-0.39, 0.29) is 30.6 Å². The molecule has 0 saturated carbocycles. The summed E-state index contributed by atoms with van der Waals surface area (Å²) >= 11 is 0. The molecule has 1 aromatic rings. The Hall–Kier alpha value is -2.32. The molecule has 0 aromatic heterocycles. The quantitative estimate of drug-likeness (QED) is 0.776. The van der Waals surface area contributed by atoms with Gasteiger partial charge in [0.05, 0.1) is 0 Å². The molecule has 0 spiro atoms. The van der Waals surface area contributed by atoms with Crippen LogP contribution in [0.2, 0.25) is 0 Å². The zero-order valence-corrected chi connectivity index (χ0v) is 18.6. The van der Waals surface area contributed by atoms with Gasteiger partial charge >= 0.3 is 0 Å². The number of fused-ring (bicyclic) bond motifs is 1. The molecule has 4 rings (SSSR count). The van der Waals surface area contributed by atoms with Crippen LogP contribution in [0.4, 0.5) is 0 Å². The Morgan fingerprint density at radius 3 is 2.74 bits per heavy atom. The van der Waals surface area contributed by atoms with Crippen molar-refractivity contribution in [3.05, 3.63) is 23.8 Å². The number of ether oxygens (including phenoxy) is 2. The van der Waals surface area contributed by atoms with Gasteiger partial charge in [0, 0.05) is 70.3 Å². The Balaban J connectivity index is 1.35. The van der Waals surface area contributed by atoms with E-state index >= 15 is 0 Å². The minimum atomic E-state index is -0.208. The lowest BCUT2D eigenvalue weighted by Gasteiger charge is -2.34. The van der Waals surface area contributed by atoms with Gasteiger partial charge in [-0.25, -0.2) is 0 Å². The highest BCUT2D eigenvalue weighted by Crippen LogP contribution is 2.35. The average Bonchev–Trinajstić information content (AvgIpc) is 3.27. The molecule has 3 heterocycles. The van der Waals surface area contributed by atoms with Gasteiger partial charge in [0.2, 0.25) is 18.6 Å². The summed E-state index contributed by atoms with van der Waals surface area (Å²) in [5.41, 5.74) is 1.06. The molecule has 2 amide bonds. The third-order valence-electron chi connectivity index (χ3n) is 6.67. The highest BCUT2D eigenvalue weighted by molar-refractivity contribution is 5.86. The summed E-state index contributed by atoms with van der Waals surface area (Å²) < 4.78 is 11.1. The van der Waals surface area contributed by atoms with Crippen molar-refractivity contribution in [2.45, 2.75) is 38.3 Å². The number of piperazine rings is 1. The Morgan fingerprint density at radius 1 is 1.13 bits per heavy atom. The molecule has 2 fully saturated rings. The fourth-order valence-corrected chi connectivity index (χ4v) is 4.65. The van der Waals surface area contributed by atoms with Gasteiger partial charge in [0.25, 0.3) is 0 Å². The van der Waals surface area contributed by atoms with Gasteiger partial charge in [-0.2, -0.15) is 0 Å². The first kappa shape index (κ1) is 21.9. The maximum atomic E-state index is 13.1. The lowest BCUT2D eigenvalue weighted by Crippen LogP contribution is -2.49. The number of carbonyl (C=O) groups excluding carboxylic acids is 2. The molecule has 0 aliphatic carbocycles. The Labute approximate surface area is 184 Å². The summed E-state index contributed by atoms with van der Waals surface area (Å²) in [6, 6.07) is 6.09. The SMILES string of the molecule is CN1CCN(C(=O)C2CCCC(NCc3cccc4c3OCO4)CN(C)C(=O)C2)CC1. The number of nitrogens with zero attached hydrogens (tertiary/aromatic N) is 3. The molecule has 3 aliphatic rings. The largest absolute Gasteiger partial charge is 0.454 e. The van der Waals surface area contributed by atoms with Gasteiger partial charge in [0.15, 0.2) is 11.5 Å². The van der Waals surface area contributed by atoms with E-state index in [4.69, 9.17) is 9.47 Å². The van der Waals surface area contributed by atoms with Crippen molar-refractivity contribution in [1.29, 1.82) is 0 Å². The van der Waals surface area contributed by atoms with Crippen LogP contribution in [0.3, 0.4) is 0 Å². The molecular formula is C23H34N4O4. The Bertz CT molecular complexity index is 794. The van der Waals surface area contributed by atoms with Crippen LogP contribution >= 0.6 is 0 Å². The van der Waals surface area contributed by atoms with Crippen LogP contribution in [0.25, 0.3) is 0 Å². The van der Waals surface area contributed by atoms with Crippen molar-refractivity contribution in [2.75, 3.05) is 53.6 Å². The van der Waals surface area contributed by atoms with Crippen LogP contribution in [0.5, 0.6) is 11.5 Å². The zero-order chi connectivity index (χ0) is 21.8. The van der Waals surface area contributed by atoms with E-state index in [9.17, 15) is 9.59 Å². The van der Waals surface area contributed by atoms with Crippen LogP contribution in [-0.2, 0) is 16.1 Å². The smallest absolute Gasteiger partial charge is 0.231 e. The molecule has 0 bridgehead atoms. The number of benzene rings is 1. The fourth-order valence-electron chi connectivity index (χ4n) is 4.65. The molecule has 2 atom stereocenters. The highest BCUT2D eigenvalue weighted by Gasteiger charge is 2.31. The predicted octanol–water partition coefficient (Wildman–Crippen LogP) is 1.30. The first-order chi connectivity index (χ1) is 15.0. The summed E-state index contributed by atoms with van der Waals surface area (Å²) in [5, 5.41) is 3.60. The summed E-state index contributed by atoms with van der Waals surface area (Å²) in [5.74, 6) is 1.59. The van der Waals surface area contributed by atoms with Gasteiger partial charge in [0.1, 0.15) is 0 Å². The highest BCUT2D eigenvalue weighted by atomic mass is 16.7. The summed E-state index contributed by atoms with van der Waals surface area (Å²) in [6.45, 7) is 4.87. The van der Waals surface area contributed by atoms with E-state index in [0.717, 1.165) is 62.5 Å². The van der Waals surface area contributed by atoms with E-state index in [1.54, 1.807) is 4.90 Å². The van der Waals surface area contributed by atoms with Crippen LogP contribution in [0.15, 0.2) is 18.2 Å². The summed E-state index contributed by atoms with van der Waals surface area (Å²) in [6.07, 6.45) is 2.93. The lowest BCUT2D eigenvalue weighted by molar-refractivity contribution is -0.142. The lowest BCUT2D eigenvalue weighted by atomic mass is 9.95. The number of likely N-dealkylation sites (N-methyl/N-ethyl adjacent to an activating group) is 2. The van der Waals surface area contributed by atoms with Crippen molar-refractivity contribution >= 4 is 11.8 Å². The number of rotatable bonds is 4. The van der Waals surface area contributed by atoms with Crippen LogP contribution in [-0.4, -0.2) is 86.2 Å². The molecule has 2 unspecified atom stereocenters. The molecular weight excluding hydrogens is 396 g/mol. The van der Waals surface area contributed by atoms with Crippen molar-refractivity contribution < 1.29 is 19.1 Å². The van der Waals surface area contributed by atoms with Gasteiger partial charge in [-0.15, -0.1) is 0 Å². The molecule has 31 heavy (non-hydrogen) atoms. The second-order valence-electron chi connectivity index (χ2n) is 8.96. The summed E-state index contributed by atoms with van der Waals surface area (Å²) in [7, 11) is 3.92. The third-order valence-corrected chi connectivity index (χ3v) is 6.67. The van der Waals surface area contributed by atoms with E-state index in [0.29, 0.717) is 19.5 Å². The minimum absolute atomic E-state index is 0.0542. The average molecular weight is 431 g/mol. The van der Waals surface area contributed by atoms with Crippen LogP contribution in [0, 0.1) is 5.92 Å². The number of para-hydroxylation sites is 1. The predicted molar refractivity (Wildman–Crippen MR) is 117 cm³/mol. The Morgan fingerprint density at radius 2 is 1.94 bits per heavy atom. The topological polar surface area (TPSA) is 74.4 Å². The van der Waals surface area contributed by atoms with Crippen LogP contribution in [0.1, 0.15) is 31.2 Å². The normalized spacial score (nSPS) is 25.2. The number of hydrogen-bond acceptors (Lipinski definition) is 6. The van der Waals surface area contributed by atoms with Crippen molar-refractivity contribution in [1.82, 2.24) is 20.0 Å². The van der Waals surface area contributed by atoms with Gasteiger partial charge < -0.3 is 29.5 Å². The maximum Gasteiger partial charge on any atom is 0.231 e. The van der Waals surface area contributed by atoms with Gasteiger partial charge in [-0.3, -0.25) is 9.59 Å². The number of carbonyl (C=O) groups is 2. The maximum absolute atomic E-state index is 13.1. The van der Waals surface area contributed by atoms with Crippen molar-refractivity contribution in [3.8, 4) is 11.5 Å². The van der Waals surface area contributed by atoms with Gasteiger partial charge in [-0.1, -0.05) is 18.6 Å². The van der Waals surface area contributed by atoms with E-state index in [1.165, 1.54) is 0 Å². The molecule has 1 aromatic carbocycles. The second-order valence-corrected chi connectivity index (χ2v) is 8.96. The first-order valence-electron chi connectivity index (χ1n) is 11.3. The standard InChI is InChI=1S/C23H34N4O4/c1-25-9-11-27(12-10-25)23(29)17-5-3-7-19(15-26(2)21(28)13-17)24-14-18-6-4-8-20-22(18)31-16-30-20/h4,6,8,17,19,24H,3,5,7,9-16H2,1-2H3. The molecule has 2 saturated heterocycles. The fraction of sp³-hybridized carbons (Fsp3) is 0.652. The molecule has 8 heteroatoms. The zero-order valence-electron chi connectivity index (χ0n) is 18.6. The first-order valence-corrected chi connectivity index (χ1v) is 11.3. The number of hydrogen-bond donors (Lipinski definition) is 1. The van der Waals surface area contributed by atoms with E-state index in [1.807, 2.05) is 30.1 Å². The van der Waals surface area contributed by atoms with Crippen molar-refractivity contribution in [3.63, 3.8) is 0 Å². The monoisotopic (exact) mass is 430 g/mol. The Kier molecular flexibility index (Phi) is 6.97. The van der Waals surface area contributed by atoms with Crippen molar-refractivity contribution in [2.24, 2.45) is 5.92 Å². The number of nitrogens with one attached hydrogen (secondary N) is 1. The second kappa shape index (κ2) is 9.87.